The minimum Gasteiger partial charge on any atom is -0.492 e. The largest absolute Gasteiger partial charge is 0.492 e. The van der Waals surface area contributed by atoms with Crippen LogP contribution < -0.4 is 10.1 Å². The van der Waals surface area contributed by atoms with Crippen LogP contribution in [0.15, 0.2) is 28.7 Å². The highest BCUT2D eigenvalue weighted by Crippen LogP contribution is 2.25. The lowest BCUT2D eigenvalue weighted by atomic mass is 10.2. The standard InChI is InChI=1S/C15H16BrNO4/c16-11-2-5-13(10(9-11)1-6-15(19)20)21-8-7-14(18)17-12-3-4-12/h1-2,5-6,9,12H,3-4,7-8H2,(H,17,18)(H,19,20)/b6-1+. The number of halogens is 1. The first kappa shape index (κ1) is 15.6. The van der Waals surface area contributed by atoms with Crippen LogP contribution in [0.5, 0.6) is 5.75 Å². The molecule has 1 aliphatic rings. The van der Waals surface area contributed by atoms with Crippen LogP contribution in [0.3, 0.4) is 0 Å². The molecule has 0 aromatic heterocycles. The summed E-state index contributed by atoms with van der Waals surface area (Å²) in [6, 6.07) is 5.65. The maximum atomic E-state index is 11.5. The van der Waals surface area contributed by atoms with Crippen LogP contribution in [0.2, 0.25) is 0 Å². The Morgan fingerprint density at radius 1 is 1.43 bits per heavy atom. The van der Waals surface area contributed by atoms with Crippen LogP contribution >= 0.6 is 15.9 Å². The first-order valence-electron chi connectivity index (χ1n) is 6.67. The molecule has 0 heterocycles. The van der Waals surface area contributed by atoms with Gasteiger partial charge in [-0.05, 0) is 37.1 Å². The second-order valence-electron chi connectivity index (χ2n) is 4.79. The smallest absolute Gasteiger partial charge is 0.328 e. The molecule has 0 bridgehead atoms. The van der Waals surface area contributed by atoms with Gasteiger partial charge in [0.1, 0.15) is 5.75 Å². The van der Waals surface area contributed by atoms with Crippen molar-refractivity contribution in [2.75, 3.05) is 6.61 Å². The van der Waals surface area contributed by atoms with Crippen molar-refractivity contribution in [2.45, 2.75) is 25.3 Å². The lowest BCUT2D eigenvalue weighted by Crippen LogP contribution is -2.26. The highest BCUT2D eigenvalue weighted by atomic mass is 79.9. The monoisotopic (exact) mass is 353 g/mol. The van der Waals surface area contributed by atoms with E-state index in [0.29, 0.717) is 17.4 Å². The molecule has 1 aromatic carbocycles. The van der Waals surface area contributed by atoms with Crippen LogP contribution in [-0.4, -0.2) is 29.6 Å². The molecule has 1 amide bonds. The molecule has 1 aliphatic carbocycles. The molecule has 112 valence electrons. The number of carbonyl (C=O) groups is 2. The number of amides is 1. The number of rotatable bonds is 7. The normalized spacial score (nSPS) is 14.1. The van der Waals surface area contributed by atoms with E-state index in [1.807, 2.05) is 0 Å². The number of carboxylic acid groups (broad SMARTS) is 1. The van der Waals surface area contributed by atoms with Crippen LogP contribution in [0.25, 0.3) is 6.08 Å². The van der Waals surface area contributed by atoms with Crippen LogP contribution in [0.4, 0.5) is 0 Å². The third kappa shape index (κ3) is 5.59. The summed E-state index contributed by atoms with van der Waals surface area (Å²) in [5.74, 6) is -0.489. The SMILES string of the molecule is O=C(O)/C=C/c1cc(Br)ccc1OCCC(=O)NC1CC1. The lowest BCUT2D eigenvalue weighted by molar-refractivity contribution is -0.131. The Labute approximate surface area is 131 Å². The summed E-state index contributed by atoms with van der Waals surface area (Å²) < 4.78 is 6.40. The molecule has 21 heavy (non-hydrogen) atoms. The molecule has 1 aromatic rings. The molecular weight excluding hydrogens is 338 g/mol. The summed E-state index contributed by atoms with van der Waals surface area (Å²) in [5.41, 5.74) is 0.648. The van der Waals surface area contributed by atoms with Gasteiger partial charge in [-0.1, -0.05) is 15.9 Å². The van der Waals surface area contributed by atoms with Crippen molar-refractivity contribution in [1.29, 1.82) is 0 Å². The Hall–Kier alpha value is -1.82. The van der Waals surface area contributed by atoms with Gasteiger partial charge in [-0.3, -0.25) is 4.79 Å². The Balaban J connectivity index is 1.91. The molecule has 2 N–H and O–H groups in total. The van der Waals surface area contributed by atoms with Gasteiger partial charge in [0, 0.05) is 22.2 Å². The molecule has 2 rings (SSSR count). The summed E-state index contributed by atoms with van der Waals surface area (Å²) in [6.07, 6.45) is 4.92. The van der Waals surface area contributed by atoms with Crippen molar-refractivity contribution < 1.29 is 19.4 Å². The van der Waals surface area contributed by atoms with Crippen LogP contribution in [-0.2, 0) is 9.59 Å². The van der Waals surface area contributed by atoms with Gasteiger partial charge in [0.2, 0.25) is 5.91 Å². The fourth-order valence-corrected chi connectivity index (χ4v) is 2.10. The van der Waals surface area contributed by atoms with Crippen LogP contribution in [0.1, 0.15) is 24.8 Å². The topological polar surface area (TPSA) is 75.6 Å². The second-order valence-corrected chi connectivity index (χ2v) is 5.71. The molecule has 0 aliphatic heterocycles. The van der Waals surface area contributed by atoms with E-state index in [-0.39, 0.29) is 18.9 Å². The van der Waals surface area contributed by atoms with E-state index in [1.165, 1.54) is 6.08 Å². The zero-order valence-corrected chi connectivity index (χ0v) is 12.9. The highest BCUT2D eigenvalue weighted by Gasteiger charge is 2.22. The zero-order chi connectivity index (χ0) is 15.2. The Morgan fingerprint density at radius 2 is 2.19 bits per heavy atom. The van der Waals surface area contributed by atoms with Gasteiger partial charge >= 0.3 is 5.97 Å². The predicted molar refractivity (Wildman–Crippen MR) is 82.1 cm³/mol. The molecule has 0 unspecified atom stereocenters. The van der Waals surface area contributed by atoms with Gasteiger partial charge in [0.25, 0.3) is 0 Å². The number of hydrogen-bond donors (Lipinski definition) is 2. The average molecular weight is 354 g/mol. The van der Waals surface area contributed by atoms with Gasteiger partial charge in [0.15, 0.2) is 0 Å². The van der Waals surface area contributed by atoms with E-state index in [9.17, 15) is 9.59 Å². The molecule has 1 fully saturated rings. The molecule has 0 saturated heterocycles. The van der Waals surface area contributed by atoms with E-state index in [0.717, 1.165) is 23.4 Å². The molecule has 6 heteroatoms. The quantitative estimate of drug-likeness (QED) is 0.738. The van der Waals surface area contributed by atoms with Gasteiger partial charge in [-0.25, -0.2) is 4.79 Å². The third-order valence-electron chi connectivity index (χ3n) is 2.91. The lowest BCUT2D eigenvalue weighted by Gasteiger charge is -2.10. The second kappa shape index (κ2) is 7.26. The minimum absolute atomic E-state index is 0.0164. The Kier molecular flexibility index (Phi) is 5.38. The first-order valence-corrected chi connectivity index (χ1v) is 7.46. The summed E-state index contributed by atoms with van der Waals surface area (Å²) >= 11 is 3.33. The van der Waals surface area contributed by atoms with Crippen molar-refractivity contribution in [3.05, 3.63) is 34.3 Å². The molecule has 5 nitrogen and oxygen atoms in total. The Morgan fingerprint density at radius 3 is 2.86 bits per heavy atom. The fourth-order valence-electron chi connectivity index (χ4n) is 1.72. The predicted octanol–water partition coefficient (Wildman–Crippen LogP) is 2.59. The van der Waals surface area contributed by atoms with Crippen molar-refractivity contribution in [3.8, 4) is 5.75 Å². The number of carbonyl (C=O) groups excluding carboxylic acids is 1. The number of ether oxygens (including phenoxy) is 1. The number of aliphatic carboxylic acids is 1. The number of carboxylic acids is 1. The van der Waals surface area contributed by atoms with E-state index >= 15 is 0 Å². The summed E-state index contributed by atoms with van der Waals surface area (Å²) in [4.78, 5) is 22.1. The highest BCUT2D eigenvalue weighted by molar-refractivity contribution is 9.10. The maximum absolute atomic E-state index is 11.5. The fraction of sp³-hybridized carbons (Fsp3) is 0.333. The summed E-state index contributed by atoms with van der Waals surface area (Å²) in [7, 11) is 0. The summed E-state index contributed by atoms with van der Waals surface area (Å²) in [6.45, 7) is 0.258. The van der Waals surface area contributed by atoms with Crippen molar-refractivity contribution in [3.63, 3.8) is 0 Å². The van der Waals surface area contributed by atoms with E-state index in [2.05, 4.69) is 21.2 Å². The van der Waals surface area contributed by atoms with Crippen molar-refractivity contribution >= 4 is 33.9 Å². The van der Waals surface area contributed by atoms with E-state index < -0.39 is 5.97 Å². The van der Waals surface area contributed by atoms with Crippen molar-refractivity contribution in [2.24, 2.45) is 0 Å². The molecule has 0 atom stereocenters. The molecule has 1 saturated carbocycles. The Bertz CT molecular complexity index is 567. The van der Waals surface area contributed by atoms with E-state index in [4.69, 9.17) is 9.84 Å². The maximum Gasteiger partial charge on any atom is 0.328 e. The van der Waals surface area contributed by atoms with Gasteiger partial charge in [0.05, 0.1) is 13.0 Å². The molecular formula is C15H16BrNO4. The zero-order valence-electron chi connectivity index (χ0n) is 11.3. The molecule has 0 spiro atoms. The minimum atomic E-state index is -1.02. The number of benzene rings is 1. The summed E-state index contributed by atoms with van der Waals surface area (Å²) in [5, 5.41) is 11.6. The number of hydrogen-bond acceptors (Lipinski definition) is 3. The average Bonchev–Trinajstić information content (AvgIpc) is 3.22. The van der Waals surface area contributed by atoms with Gasteiger partial charge in [-0.2, -0.15) is 0 Å². The number of nitrogens with one attached hydrogen (secondary N) is 1. The molecule has 0 radical (unpaired) electrons. The van der Waals surface area contributed by atoms with Crippen molar-refractivity contribution in [1.82, 2.24) is 5.32 Å². The van der Waals surface area contributed by atoms with Gasteiger partial charge < -0.3 is 15.2 Å². The first-order chi connectivity index (χ1) is 10.0. The van der Waals surface area contributed by atoms with Crippen LogP contribution in [0, 0.1) is 0 Å². The van der Waals surface area contributed by atoms with Gasteiger partial charge in [-0.15, -0.1) is 0 Å². The van der Waals surface area contributed by atoms with E-state index in [1.54, 1.807) is 18.2 Å². The third-order valence-corrected chi connectivity index (χ3v) is 3.40.